The Kier molecular flexibility index (Phi) is 23.4. The van der Waals surface area contributed by atoms with E-state index in [9.17, 15) is 4.39 Å². The van der Waals surface area contributed by atoms with Crippen molar-refractivity contribution in [2.24, 2.45) is 0 Å². The molecule has 5 rings (SSSR count). The molecule has 0 spiro atoms. The summed E-state index contributed by atoms with van der Waals surface area (Å²) in [6.07, 6.45) is 0. The van der Waals surface area contributed by atoms with Gasteiger partial charge in [-0.05, 0) is 126 Å². The summed E-state index contributed by atoms with van der Waals surface area (Å²) in [6.45, 7) is 11.1. The molecule has 298 valence electrons. The fraction of sp³-hybridized carbons (Fsp3) is 0.238. The summed E-state index contributed by atoms with van der Waals surface area (Å²) in [4.78, 5) is 0. The van der Waals surface area contributed by atoms with Crippen molar-refractivity contribution in [3.63, 3.8) is 0 Å². The molecule has 0 bridgehead atoms. The van der Waals surface area contributed by atoms with E-state index in [1.807, 2.05) is 57.2 Å². The van der Waals surface area contributed by atoms with Crippen molar-refractivity contribution < 1.29 is 4.39 Å². The number of nitrogens with one attached hydrogen (secondary N) is 4. The first-order valence-electron chi connectivity index (χ1n) is 16.9. The molecule has 5 aromatic carbocycles. The Labute approximate surface area is 376 Å². The quantitative estimate of drug-likeness (QED) is 0.0920. The van der Waals surface area contributed by atoms with Gasteiger partial charge in [-0.2, -0.15) is 0 Å². The monoisotopic (exact) mass is 970 g/mol. The predicted molar refractivity (Wildman–Crippen MR) is 259 cm³/mol. The summed E-state index contributed by atoms with van der Waals surface area (Å²) in [5.74, 6) is 1.92. The number of hydrogen-bond donors (Lipinski definition) is 4. The number of aryl methyl sites for hydroxylation is 1. The molecule has 4 N–H and O–H groups in total. The minimum atomic E-state index is -0.401. The second-order valence-electron chi connectivity index (χ2n) is 12.1. The normalized spacial score (nSPS) is 10.9. The highest BCUT2D eigenvalue weighted by Gasteiger charge is 2.09. The van der Waals surface area contributed by atoms with Crippen molar-refractivity contribution in [1.29, 1.82) is 21.6 Å². The van der Waals surface area contributed by atoms with E-state index in [4.69, 9.17) is 68.0 Å². The second kappa shape index (κ2) is 26.2. The van der Waals surface area contributed by atoms with Crippen LogP contribution in [0.3, 0.4) is 0 Å². The third-order valence-electron chi connectivity index (χ3n) is 7.27. The second-order valence-corrected chi connectivity index (χ2v) is 19.7. The van der Waals surface area contributed by atoms with Crippen molar-refractivity contribution in [3.05, 3.63) is 149 Å². The van der Waals surface area contributed by atoms with E-state index in [-0.39, 0.29) is 10.3 Å². The third kappa shape index (κ3) is 19.2. The molecular formula is C42H44BrCl4FN4S4. The van der Waals surface area contributed by atoms with Gasteiger partial charge in [-0.1, -0.05) is 107 Å². The Bertz CT molecular complexity index is 2070. The molecule has 4 nitrogen and oxygen atoms in total. The van der Waals surface area contributed by atoms with Crippen LogP contribution < -0.4 is 0 Å². The zero-order valence-corrected chi connectivity index (χ0v) is 39.6. The van der Waals surface area contributed by atoms with Crippen LogP contribution in [0.15, 0.2) is 95.5 Å². The lowest BCUT2D eigenvalue weighted by Gasteiger charge is -2.11. The van der Waals surface area contributed by atoms with Crippen LogP contribution in [0.2, 0.25) is 20.1 Å². The first-order chi connectivity index (χ1) is 26.4. The number of fused-ring (bicyclic) bond motifs is 1. The molecule has 0 aliphatic carbocycles. The molecule has 0 saturated heterocycles. The molecule has 1 atom stereocenters. The molecule has 0 saturated carbocycles. The fourth-order valence-corrected chi connectivity index (χ4v) is 8.40. The molecule has 0 radical (unpaired) electrons. The van der Waals surface area contributed by atoms with Gasteiger partial charge in [0.05, 0.1) is 35.2 Å². The maximum atomic E-state index is 12.9. The van der Waals surface area contributed by atoms with Crippen molar-refractivity contribution in [3.8, 4) is 0 Å². The zero-order valence-electron chi connectivity index (χ0n) is 31.8. The topological polar surface area (TPSA) is 95.4 Å². The summed E-state index contributed by atoms with van der Waals surface area (Å²) in [6, 6.07) is 28.8. The maximum Gasteiger partial charge on any atom is 0.142 e. The molecule has 0 amide bonds. The van der Waals surface area contributed by atoms with Crippen molar-refractivity contribution >= 4 is 140 Å². The van der Waals surface area contributed by atoms with Crippen LogP contribution in [-0.4, -0.2) is 20.2 Å². The SMILES string of the molecule is CC(=N)SC(C)c1ccc(Cl)c(Cl)c1.CC(=N)SCc1ccc(Cl)c(C)c1.CC(=N)SCc1ccc(Cl)c(F)c1.CC(=N)SCc1ccc2ccccc2c1Br. The minimum Gasteiger partial charge on any atom is -0.299 e. The van der Waals surface area contributed by atoms with Crippen molar-refractivity contribution in [2.75, 3.05) is 0 Å². The van der Waals surface area contributed by atoms with Crippen molar-refractivity contribution in [2.45, 2.75) is 64.1 Å². The highest BCUT2D eigenvalue weighted by molar-refractivity contribution is 9.10. The van der Waals surface area contributed by atoms with Crippen LogP contribution >= 0.6 is 109 Å². The van der Waals surface area contributed by atoms with E-state index in [2.05, 4.69) is 46.3 Å². The molecule has 0 fully saturated rings. The van der Waals surface area contributed by atoms with E-state index in [1.165, 1.54) is 69.3 Å². The van der Waals surface area contributed by atoms with Gasteiger partial charge in [0.2, 0.25) is 0 Å². The summed E-state index contributed by atoms with van der Waals surface area (Å²) in [7, 11) is 0. The van der Waals surface area contributed by atoms with Gasteiger partial charge < -0.3 is 0 Å². The number of benzene rings is 5. The summed E-state index contributed by atoms with van der Waals surface area (Å²) in [5, 5.41) is 36.5. The van der Waals surface area contributed by atoms with Gasteiger partial charge in [0.1, 0.15) is 5.82 Å². The van der Waals surface area contributed by atoms with Crippen LogP contribution in [-0.2, 0) is 17.3 Å². The lowest BCUT2D eigenvalue weighted by atomic mass is 10.1. The first kappa shape index (κ1) is 50.2. The average Bonchev–Trinajstić information content (AvgIpc) is 3.14. The molecule has 0 aromatic heterocycles. The number of rotatable bonds is 8. The van der Waals surface area contributed by atoms with Crippen LogP contribution in [0.4, 0.5) is 4.39 Å². The van der Waals surface area contributed by atoms with Crippen LogP contribution in [0.5, 0.6) is 0 Å². The van der Waals surface area contributed by atoms with Crippen LogP contribution in [0.25, 0.3) is 10.8 Å². The summed E-state index contributed by atoms with van der Waals surface area (Å²) in [5.41, 5.74) is 5.51. The minimum absolute atomic E-state index is 0.139. The average molecular weight is 974 g/mol. The standard InChI is InChI=1S/C13H12BrNS.C10H11Cl2NS.C10H12ClNS.C9H9ClFNS/c1-9(15)16-8-11-7-6-10-4-2-3-5-12(10)13(11)14;1-6(14-7(2)13)8-3-4-9(11)10(12)5-8;1-7-5-9(3-4-10(7)11)6-13-8(2)12;1-6(12)13-5-7-2-3-8(10)9(11)4-7/h2-7,15H,8H2,1H3;3-6,13H,1-2H3;3-5,12H,6H2,1-2H3;2-4,12H,5H2,1H3. The molecule has 0 heterocycles. The molecule has 56 heavy (non-hydrogen) atoms. The van der Waals surface area contributed by atoms with Gasteiger partial charge in [-0.25, -0.2) is 4.39 Å². The molecule has 14 heteroatoms. The predicted octanol–water partition coefficient (Wildman–Crippen LogP) is 17.2. The molecule has 0 aliphatic rings. The van der Waals surface area contributed by atoms with E-state index >= 15 is 0 Å². The van der Waals surface area contributed by atoms with Gasteiger partial charge >= 0.3 is 0 Å². The van der Waals surface area contributed by atoms with Crippen LogP contribution in [0.1, 0.15) is 67.7 Å². The largest absolute Gasteiger partial charge is 0.299 e. The van der Waals surface area contributed by atoms with E-state index < -0.39 is 5.82 Å². The molecule has 5 aromatic rings. The summed E-state index contributed by atoms with van der Waals surface area (Å²) >= 11 is 32.7. The van der Waals surface area contributed by atoms with Crippen molar-refractivity contribution in [1.82, 2.24) is 0 Å². The Morgan fingerprint density at radius 2 is 1.16 bits per heavy atom. The molecule has 1 unspecified atom stereocenters. The van der Waals surface area contributed by atoms with Gasteiger partial charge in [0.25, 0.3) is 0 Å². The Hall–Kier alpha value is -1.99. The Morgan fingerprint density at radius 3 is 1.70 bits per heavy atom. The zero-order chi connectivity index (χ0) is 41.9. The molecular weight excluding hydrogens is 929 g/mol. The van der Waals surface area contributed by atoms with Gasteiger partial charge in [0, 0.05) is 32.0 Å². The Morgan fingerprint density at radius 1 is 0.625 bits per heavy atom. The highest BCUT2D eigenvalue weighted by Crippen LogP contribution is 2.33. The first-order valence-corrected chi connectivity index (χ1v) is 23.1. The van der Waals surface area contributed by atoms with Crippen LogP contribution in [0, 0.1) is 34.4 Å². The van der Waals surface area contributed by atoms with Gasteiger partial charge in [0.15, 0.2) is 0 Å². The van der Waals surface area contributed by atoms with E-state index in [1.54, 1.807) is 44.7 Å². The number of thioether (sulfide) groups is 4. The summed E-state index contributed by atoms with van der Waals surface area (Å²) < 4.78 is 14.1. The lowest BCUT2D eigenvalue weighted by molar-refractivity contribution is 0.627. The van der Waals surface area contributed by atoms with Gasteiger partial charge in [-0.15, -0.1) is 47.0 Å². The highest BCUT2D eigenvalue weighted by atomic mass is 79.9. The third-order valence-corrected chi connectivity index (χ3v) is 13.4. The Balaban J connectivity index is 0.000000259. The van der Waals surface area contributed by atoms with E-state index in [0.717, 1.165) is 37.7 Å². The maximum absolute atomic E-state index is 12.9. The smallest absolute Gasteiger partial charge is 0.142 e. The fourth-order valence-electron chi connectivity index (χ4n) is 4.48. The molecule has 0 aliphatic heterocycles. The van der Waals surface area contributed by atoms with Gasteiger partial charge in [-0.3, -0.25) is 21.6 Å². The number of hydrogen-bond acceptors (Lipinski definition) is 8. The lowest BCUT2D eigenvalue weighted by Crippen LogP contribution is -1.91. The van der Waals surface area contributed by atoms with E-state index in [0.29, 0.717) is 36.0 Å². The number of halogens is 6.